The molecule has 8 heteroatoms. The third-order valence-electron chi connectivity index (χ3n) is 8.01. The van der Waals surface area contributed by atoms with Gasteiger partial charge in [-0.2, -0.15) is 0 Å². The molecule has 8 nitrogen and oxygen atoms in total. The summed E-state index contributed by atoms with van der Waals surface area (Å²) in [7, 11) is 0. The fourth-order valence-electron chi connectivity index (χ4n) is 5.72. The van der Waals surface area contributed by atoms with E-state index < -0.39 is 12.3 Å². The van der Waals surface area contributed by atoms with Crippen molar-refractivity contribution < 1.29 is 29.3 Å². The van der Waals surface area contributed by atoms with Gasteiger partial charge in [0.25, 0.3) is 0 Å². The summed E-state index contributed by atoms with van der Waals surface area (Å²) < 4.78 is 13.1. The van der Waals surface area contributed by atoms with Crippen molar-refractivity contribution in [1.29, 1.82) is 0 Å². The molecule has 0 aromatic heterocycles. The van der Waals surface area contributed by atoms with Crippen LogP contribution < -0.4 is 5.32 Å². The number of hydrogen-bond acceptors (Lipinski definition) is 6. The van der Waals surface area contributed by atoms with Crippen molar-refractivity contribution in [2.75, 3.05) is 25.0 Å². The number of aliphatic hydroxyl groups excluding tert-OH is 1. The minimum absolute atomic E-state index is 0.00932. The van der Waals surface area contributed by atoms with Crippen LogP contribution in [0.4, 0.5) is 5.69 Å². The molecule has 0 unspecified atom stereocenters. The summed E-state index contributed by atoms with van der Waals surface area (Å²) in [6, 6.07) is 15.6. The molecule has 41 heavy (non-hydrogen) atoms. The minimum atomic E-state index is -0.775. The van der Waals surface area contributed by atoms with E-state index in [1.54, 1.807) is 0 Å². The van der Waals surface area contributed by atoms with E-state index in [1.165, 1.54) is 32.1 Å². The molecule has 2 saturated heterocycles. The Morgan fingerprint density at radius 3 is 2.27 bits per heavy atom. The number of aliphatic carboxylic acids is 1. The van der Waals surface area contributed by atoms with Gasteiger partial charge in [0.15, 0.2) is 6.29 Å². The van der Waals surface area contributed by atoms with E-state index in [0.29, 0.717) is 18.5 Å². The van der Waals surface area contributed by atoms with Crippen LogP contribution in [0.3, 0.4) is 0 Å². The van der Waals surface area contributed by atoms with Gasteiger partial charge in [0.2, 0.25) is 5.91 Å². The lowest BCUT2D eigenvalue weighted by Crippen LogP contribution is -2.40. The van der Waals surface area contributed by atoms with Crippen LogP contribution in [0, 0.1) is 0 Å². The highest BCUT2D eigenvalue weighted by molar-refractivity contribution is 5.90. The zero-order valence-electron chi connectivity index (χ0n) is 24.1. The van der Waals surface area contributed by atoms with Crippen LogP contribution >= 0.6 is 0 Å². The highest BCUT2D eigenvalue weighted by Gasteiger charge is 2.33. The average Bonchev–Trinajstić information content (AvgIpc) is 2.96. The minimum Gasteiger partial charge on any atom is -0.481 e. The lowest BCUT2D eigenvalue weighted by molar-refractivity contribution is -0.253. The summed E-state index contributed by atoms with van der Waals surface area (Å²) in [5.74, 6) is -0.828. The maximum atomic E-state index is 12.6. The number of rotatable bonds is 13. The van der Waals surface area contributed by atoms with Crippen molar-refractivity contribution in [3.8, 4) is 0 Å². The van der Waals surface area contributed by atoms with Crippen LogP contribution in [0.25, 0.3) is 0 Å². The first-order valence-electron chi connectivity index (χ1n) is 15.3. The monoisotopic (exact) mass is 566 g/mol. The number of carbonyl (C=O) groups is 2. The summed E-state index contributed by atoms with van der Waals surface area (Å²) in [5, 5.41) is 21.2. The molecule has 3 atom stereocenters. The molecule has 0 bridgehead atoms. The Labute approximate surface area is 244 Å². The molecule has 224 valence electrons. The summed E-state index contributed by atoms with van der Waals surface area (Å²) in [6.07, 6.45) is 10.0. The van der Waals surface area contributed by atoms with Crippen LogP contribution in [-0.4, -0.2) is 52.7 Å². The Morgan fingerprint density at radius 1 is 0.854 bits per heavy atom. The summed E-state index contributed by atoms with van der Waals surface area (Å²) >= 11 is 0. The number of hydrogen-bond donors (Lipinski definition) is 3. The van der Waals surface area contributed by atoms with Crippen LogP contribution in [0.15, 0.2) is 48.5 Å². The molecule has 2 aromatic carbocycles. The number of anilines is 1. The van der Waals surface area contributed by atoms with Crippen LogP contribution in [0.5, 0.6) is 0 Å². The molecule has 0 aliphatic carbocycles. The maximum absolute atomic E-state index is 12.6. The Balaban J connectivity index is 1.40. The smallest absolute Gasteiger partial charge is 0.303 e. The third-order valence-corrected chi connectivity index (χ3v) is 8.01. The molecular formula is C33H46N2O6. The van der Waals surface area contributed by atoms with Gasteiger partial charge >= 0.3 is 5.97 Å². The first kappa shape index (κ1) is 31.2. The average molecular weight is 567 g/mol. The highest BCUT2D eigenvalue weighted by atomic mass is 16.7. The molecule has 0 spiro atoms. The fraction of sp³-hybridized carbons (Fsp3) is 0.576. The van der Waals surface area contributed by atoms with Crippen molar-refractivity contribution in [2.24, 2.45) is 0 Å². The van der Waals surface area contributed by atoms with Gasteiger partial charge in [0, 0.05) is 37.1 Å². The lowest BCUT2D eigenvalue weighted by atomic mass is 9.99. The second-order valence-corrected chi connectivity index (χ2v) is 11.4. The van der Waals surface area contributed by atoms with Crippen LogP contribution in [0.2, 0.25) is 0 Å². The largest absolute Gasteiger partial charge is 0.481 e. The quantitative estimate of drug-likeness (QED) is 0.242. The predicted molar refractivity (Wildman–Crippen MR) is 158 cm³/mol. The highest BCUT2D eigenvalue weighted by Crippen LogP contribution is 2.38. The number of unbranched alkanes of at least 4 members (excludes halogenated alkanes) is 3. The van der Waals surface area contributed by atoms with E-state index >= 15 is 0 Å². The van der Waals surface area contributed by atoms with Gasteiger partial charge in [-0.05, 0) is 62.0 Å². The maximum Gasteiger partial charge on any atom is 0.303 e. The first-order chi connectivity index (χ1) is 20.0. The van der Waals surface area contributed by atoms with Gasteiger partial charge in [0.1, 0.15) is 0 Å². The van der Waals surface area contributed by atoms with E-state index in [9.17, 15) is 14.7 Å². The number of amides is 1. The number of carboxylic acids is 1. The van der Waals surface area contributed by atoms with E-state index in [0.717, 1.165) is 62.0 Å². The summed E-state index contributed by atoms with van der Waals surface area (Å²) in [4.78, 5) is 25.7. The van der Waals surface area contributed by atoms with Crippen molar-refractivity contribution >= 4 is 17.6 Å². The van der Waals surface area contributed by atoms with Crippen molar-refractivity contribution in [3.63, 3.8) is 0 Å². The van der Waals surface area contributed by atoms with Gasteiger partial charge in [-0.15, -0.1) is 0 Å². The third kappa shape index (κ3) is 10.5. The molecule has 0 saturated carbocycles. The molecule has 4 rings (SSSR count). The zero-order chi connectivity index (χ0) is 28.9. The van der Waals surface area contributed by atoms with Crippen LogP contribution in [0.1, 0.15) is 106 Å². The molecule has 3 N–H and O–H groups in total. The number of likely N-dealkylation sites (tertiary alicyclic amines) is 1. The van der Waals surface area contributed by atoms with Crippen molar-refractivity contribution in [2.45, 2.75) is 102 Å². The van der Waals surface area contributed by atoms with Gasteiger partial charge in [-0.3, -0.25) is 9.59 Å². The number of aliphatic hydroxyl groups is 1. The molecule has 2 aliphatic heterocycles. The van der Waals surface area contributed by atoms with E-state index in [1.807, 2.05) is 48.5 Å². The Bertz CT molecular complexity index is 1080. The molecule has 2 aromatic rings. The number of carboxylic acid groups (broad SMARTS) is 1. The number of carbonyl (C=O) groups excluding carboxylic acids is 1. The Kier molecular flexibility index (Phi) is 12.6. The van der Waals surface area contributed by atoms with E-state index in [4.69, 9.17) is 14.6 Å². The number of nitrogens with one attached hydrogen (secondary N) is 1. The second-order valence-electron chi connectivity index (χ2n) is 11.4. The SMILES string of the molecule is O=C(O)CCCCCCC(=O)Nc1cccc([C@@H]2O[C@H](CN3CCCCCCC3)C[C@H](c3ccc(CO)cc3)O2)c1. The Hall–Kier alpha value is -2.78. The second kappa shape index (κ2) is 16.6. The fourth-order valence-corrected chi connectivity index (χ4v) is 5.72. The van der Waals surface area contributed by atoms with Gasteiger partial charge in [-0.25, -0.2) is 0 Å². The molecular weight excluding hydrogens is 520 g/mol. The molecule has 2 fully saturated rings. The summed E-state index contributed by atoms with van der Waals surface area (Å²) in [5.41, 5.74) is 3.52. The molecule has 1 amide bonds. The molecule has 0 radical (unpaired) electrons. The van der Waals surface area contributed by atoms with E-state index in [2.05, 4.69) is 10.2 Å². The Morgan fingerprint density at radius 2 is 1.56 bits per heavy atom. The topological polar surface area (TPSA) is 108 Å². The van der Waals surface area contributed by atoms with Gasteiger partial charge in [0.05, 0.1) is 18.8 Å². The van der Waals surface area contributed by atoms with Crippen LogP contribution in [-0.2, 0) is 25.7 Å². The number of benzene rings is 2. The molecule has 2 heterocycles. The number of ether oxygens (including phenoxy) is 2. The van der Waals surface area contributed by atoms with Crippen molar-refractivity contribution in [3.05, 3.63) is 65.2 Å². The van der Waals surface area contributed by atoms with Crippen molar-refractivity contribution in [1.82, 2.24) is 4.90 Å². The standard InChI is InChI=1S/C33H46N2O6/c36-24-25-15-17-26(18-16-25)30-22-29(23-35-19-8-4-1-5-9-20-35)40-33(41-30)27-11-10-12-28(21-27)34-31(37)13-6-2-3-7-14-32(38)39/h10-12,15-18,21,29-30,33,36H,1-9,13-14,19-20,22-24H2,(H,34,37)(H,38,39)/t29-,30+,33+/m0/s1. The predicted octanol–water partition coefficient (Wildman–Crippen LogP) is 6.35. The zero-order valence-corrected chi connectivity index (χ0v) is 24.1. The normalized spacial score (nSPS) is 22.0. The lowest BCUT2D eigenvalue weighted by Gasteiger charge is -2.39. The van der Waals surface area contributed by atoms with E-state index in [-0.39, 0.29) is 31.1 Å². The van der Waals surface area contributed by atoms with Gasteiger partial charge in [-0.1, -0.05) is 68.5 Å². The number of nitrogens with zero attached hydrogens (tertiary/aromatic N) is 1. The van der Waals surface area contributed by atoms with Gasteiger partial charge < -0.3 is 29.9 Å². The first-order valence-corrected chi connectivity index (χ1v) is 15.3. The summed E-state index contributed by atoms with van der Waals surface area (Å²) in [6.45, 7) is 3.08. The molecule has 2 aliphatic rings.